The van der Waals surface area contributed by atoms with Gasteiger partial charge in [-0.05, 0) is 0 Å². The van der Waals surface area contributed by atoms with E-state index in [0.29, 0.717) is 4.73 Å². The Labute approximate surface area is 108 Å². The van der Waals surface area contributed by atoms with Gasteiger partial charge < -0.3 is 15.8 Å². The van der Waals surface area contributed by atoms with Crippen molar-refractivity contribution in [2.24, 2.45) is 0 Å². The maximum absolute atomic E-state index is 10.9. The first-order chi connectivity index (χ1) is 6.29. The van der Waals surface area contributed by atoms with Gasteiger partial charge in [0.25, 0.3) is 0 Å². The molecule has 12 heteroatoms. The smallest absolute Gasteiger partial charge is 1.00 e. The van der Waals surface area contributed by atoms with Gasteiger partial charge in [-0.3, -0.25) is 4.89 Å². The maximum Gasteiger partial charge on any atom is 1.00 e. The zero-order valence-corrected chi connectivity index (χ0v) is 11.3. The van der Waals surface area contributed by atoms with Crippen molar-refractivity contribution in [3.63, 3.8) is 0 Å². The first-order valence-electron chi connectivity index (χ1n) is 3.06. The van der Waals surface area contributed by atoms with Crippen LogP contribution in [-0.4, -0.2) is 24.4 Å². The largest absolute Gasteiger partial charge is 1.00 e. The number of hydrogen-bond acceptors (Lipinski definition) is 5. The van der Waals surface area contributed by atoms with E-state index in [4.69, 9.17) is 14.7 Å². The second-order valence-electron chi connectivity index (χ2n) is 2.05. The summed E-state index contributed by atoms with van der Waals surface area (Å²) in [6.07, 6.45) is 3.38. The maximum atomic E-state index is 10.9. The number of phosphoric acid groups is 2. The van der Waals surface area contributed by atoms with Crippen molar-refractivity contribution in [1.82, 2.24) is 9.71 Å². The van der Waals surface area contributed by atoms with E-state index in [0.717, 1.165) is 12.5 Å². The van der Waals surface area contributed by atoms with E-state index >= 15 is 0 Å². The van der Waals surface area contributed by atoms with Crippen LogP contribution in [0.15, 0.2) is 18.7 Å². The van der Waals surface area contributed by atoms with E-state index in [9.17, 15) is 9.13 Å². The van der Waals surface area contributed by atoms with Crippen LogP contribution in [0.25, 0.3) is 0 Å². The second-order valence-corrected chi connectivity index (χ2v) is 4.78. The summed E-state index contributed by atoms with van der Waals surface area (Å²) >= 11 is 0. The van der Waals surface area contributed by atoms with Gasteiger partial charge in [0.05, 0.1) is 6.20 Å². The van der Waals surface area contributed by atoms with Crippen LogP contribution in [0.4, 0.5) is 0 Å². The summed E-state index contributed by atoms with van der Waals surface area (Å²) in [4.78, 5) is 28.7. The monoisotopic (exact) mass is 268 g/mol. The van der Waals surface area contributed by atoms with Gasteiger partial charge in [-0.2, -0.15) is 9.04 Å². The molecular weight excluding hydrogens is 261 g/mol. The molecule has 0 aromatic carbocycles. The van der Waals surface area contributed by atoms with Crippen molar-refractivity contribution in [3.8, 4) is 0 Å². The standard InChI is InChI=1S/C3H6N2O7P2.Na.H/c6-13(7,8)12-14(9,10)11-5-2-1-4-3-5;;/h1-3H,(H,9,10)(H2,6,7,8);;/q;+1;-1. The SMILES string of the molecule is O=P(O)(O)OP(=O)(O)On1ccnc1.[H-].[Na+]. The molecule has 82 valence electrons. The van der Waals surface area contributed by atoms with Crippen LogP contribution >= 0.6 is 15.6 Å². The summed E-state index contributed by atoms with van der Waals surface area (Å²) in [6, 6.07) is 0. The van der Waals surface area contributed by atoms with Gasteiger partial charge in [0.1, 0.15) is 6.33 Å². The molecule has 0 amide bonds. The van der Waals surface area contributed by atoms with Crippen LogP contribution in [0.3, 0.4) is 0 Å². The molecule has 1 rings (SSSR count). The minimum atomic E-state index is -5.08. The van der Waals surface area contributed by atoms with E-state index in [1.165, 1.54) is 6.20 Å². The first kappa shape index (κ1) is 15.3. The molecule has 1 heterocycles. The summed E-state index contributed by atoms with van der Waals surface area (Å²) in [5, 5.41) is 0. The summed E-state index contributed by atoms with van der Waals surface area (Å²) in [6.45, 7) is 0. The van der Waals surface area contributed by atoms with E-state index in [1.807, 2.05) is 0 Å². The van der Waals surface area contributed by atoms with Crippen LogP contribution in [0.2, 0.25) is 0 Å². The third kappa shape index (κ3) is 6.47. The summed E-state index contributed by atoms with van der Waals surface area (Å²) in [5.41, 5.74) is 0. The fourth-order valence-electron chi connectivity index (χ4n) is 0.564. The number of rotatable bonds is 4. The minimum absolute atomic E-state index is 0. The van der Waals surface area contributed by atoms with E-state index in [2.05, 4.69) is 13.9 Å². The molecule has 1 aromatic rings. The third-order valence-electron chi connectivity index (χ3n) is 0.887. The fraction of sp³-hybridized carbons (Fsp3) is 0. The molecule has 0 aliphatic rings. The summed E-state index contributed by atoms with van der Waals surface area (Å²) < 4.78 is 29.4. The molecule has 0 bridgehead atoms. The molecule has 0 aliphatic carbocycles. The molecule has 15 heavy (non-hydrogen) atoms. The average molecular weight is 268 g/mol. The van der Waals surface area contributed by atoms with Crippen molar-refractivity contribution in [3.05, 3.63) is 18.7 Å². The van der Waals surface area contributed by atoms with Crippen LogP contribution in [0.1, 0.15) is 1.43 Å². The van der Waals surface area contributed by atoms with Crippen LogP contribution in [-0.2, 0) is 13.4 Å². The van der Waals surface area contributed by atoms with Crippen molar-refractivity contribution in [1.29, 1.82) is 0 Å². The molecule has 0 saturated carbocycles. The topological polar surface area (TPSA) is 131 Å². The van der Waals surface area contributed by atoms with Gasteiger partial charge in [0, 0.05) is 6.20 Å². The van der Waals surface area contributed by atoms with Gasteiger partial charge in [-0.15, -0.1) is 0 Å². The first-order valence-corrected chi connectivity index (χ1v) is 6.09. The molecule has 0 aliphatic heterocycles. The van der Waals surface area contributed by atoms with E-state index in [1.54, 1.807) is 0 Å². The molecule has 9 nitrogen and oxygen atoms in total. The second kappa shape index (κ2) is 5.58. The van der Waals surface area contributed by atoms with Crippen molar-refractivity contribution < 1.29 is 63.7 Å². The molecular formula is C3H7N2NaO7P2. The van der Waals surface area contributed by atoms with Crippen LogP contribution in [0.5, 0.6) is 0 Å². The van der Waals surface area contributed by atoms with Gasteiger partial charge >= 0.3 is 45.2 Å². The molecule has 3 N–H and O–H groups in total. The predicted octanol–water partition coefficient (Wildman–Crippen LogP) is -3.36. The van der Waals surface area contributed by atoms with Gasteiger partial charge in [0.2, 0.25) is 0 Å². The van der Waals surface area contributed by atoms with E-state index in [-0.39, 0.29) is 31.0 Å². The Bertz CT molecular complexity index is 392. The normalized spacial score (nSPS) is 15.1. The number of aromatic nitrogens is 2. The Morgan fingerprint density at radius 3 is 2.33 bits per heavy atom. The molecule has 0 spiro atoms. The molecule has 0 radical (unpaired) electrons. The predicted molar refractivity (Wildman–Crippen MR) is 42.9 cm³/mol. The van der Waals surface area contributed by atoms with Crippen molar-refractivity contribution >= 4 is 15.6 Å². The van der Waals surface area contributed by atoms with Crippen LogP contribution in [0, 0.1) is 0 Å². The number of hydrogen-bond donors (Lipinski definition) is 3. The zero-order chi connectivity index (χ0) is 10.8. The number of imidazole rings is 1. The Hall–Kier alpha value is 0.310. The molecule has 0 fully saturated rings. The summed E-state index contributed by atoms with van der Waals surface area (Å²) in [7, 11) is -9.92. The zero-order valence-electron chi connectivity index (χ0n) is 8.50. The Balaban J connectivity index is 0. The van der Waals surface area contributed by atoms with Crippen LogP contribution < -0.4 is 34.2 Å². The van der Waals surface area contributed by atoms with Gasteiger partial charge in [0.15, 0.2) is 0 Å². The van der Waals surface area contributed by atoms with Crippen molar-refractivity contribution in [2.75, 3.05) is 0 Å². The molecule has 1 aromatic heterocycles. The minimum Gasteiger partial charge on any atom is -1.00 e. The summed E-state index contributed by atoms with van der Waals surface area (Å²) in [5.74, 6) is 0. The third-order valence-corrected chi connectivity index (χ3v) is 2.96. The number of nitrogens with zero attached hydrogens (tertiary/aromatic N) is 2. The quantitative estimate of drug-likeness (QED) is 0.381. The molecule has 1 atom stereocenters. The van der Waals surface area contributed by atoms with Gasteiger partial charge in [-0.25, -0.2) is 14.1 Å². The molecule has 1 unspecified atom stereocenters. The fourth-order valence-corrected chi connectivity index (χ4v) is 2.09. The Morgan fingerprint density at radius 1 is 1.33 bits per heavy atom. The van der Waals surface area contributed by atoms with Crippen molar-refractivity contribution in [2.45, 2.75) is 0 Å². The Morgan fingerprint density at radius 2 is 1.93 bits per heavy atom. The molecule has 0 saturated heterocycles. The van der Waals surface area contributed by atoms with E-state index < -0.39 is 15.6 Å². The van der Waals surface area contributed by atoms with Gasteiger partial charge in [-0.1, -0.05) is 0 Å². The average Bonchev–Trinajstić information content (AvgIpc) is 2.31. The Kier molecular flexibility index (Phi) is 5.70.